The minimum atomic E-state index is 0.499. The van der Waals surface area contributed by atoms with Gasteiger partial charge in [-0.15, -0.1) is 0 Å². The van der Waals surface area contributed by atoms with Gasteiger partial charge in [0.05, 0.1) is 0 Å². The van der Waals surface area contributed by atoms with Crippen molar-refractivity contribution in [3.05, 3.63) is 11.9 Å². The van der Waals surface area contributed by atoms with Gasteiger partial charge in [-0.3, -0.25) is 0 Å². The van der Waals surface area contributed by atoms with Crippen molar-refractivity contribution in [2.45, 2.75) is 27.2 Å². The van der Waals surface area contributed by atoms with Crippen molar-refractivity contribution < 1.29 is 0 Å². The predicted octanol–water partition coefficient (Wildman–Crippen LogP) is 1.83. The Kier molecular flexibility index (Phi) is 2.29. The molecule has 4 heteroatoms. The Bertz CT molecular complexity index is 373. The fraction of sp³-hybridized carbons (Fsp3) is 0.636. The van der Waals surface area contributed by atoms with Gasteiger partial charge in [0.1, 0.15) is 18.0 Å². The Hall–Kier alpha value is -1.32. The molecule has 2 rings (SSSR count). The monoisotopic (exact) mass is 206 g/mol. The molecule has 1 aromatic rings. The van der Waals surface area contributed by atoms with Gasteiger partial charge in [-0.25, -0.2) is 9.97 Å². The molecule has 1 unspecified atom stereocenters. The van der Waals surface area contributed by atoms with Gasteiger partial charge in [0.25, 0.3) is 0 Å². The third-order valence-electron chi connectivity index (χ3n) is 3.36. The van der Waals surface area contributed by atoms with E-state index in [1.54, 1.807) is 0 Å². The first kappa shape index (κ1) is 10.2. The first-order valence-corrected chi connectivity index (χ1v) is 5.31. The first-order chi connectivity index (χ1) is 7.00. The molecule has 1 aliphatic rings. The molecule has 0 bridgehead atoms. The van der Waals surface area contributed by atoms with Crippen LogP contribution in [-0.2, 0) is 0 Å². The molecule has 1 aliphatic carbocycles. The summed E-state index contributed by atoms with van der Waals surface area (Å²) in [6, 6.07) is 0. The summed E-state index contributed by atoms with van der Waals surface area (Å²) in [4.78, 5) is 8.12. The summed E-state index contributed by atoms with van der Waals surface area (Å²) in [5, 5.41) is 3.34. The van der Waals surface area contributed by atoms with E-state index < -0.39 is 0 Å². The highest BCUT2D eigenvalue weighted by Gasteiger charge is 2.45. The topological polar surface area (TPSA) is 63.8 Å². The number of anilines is 2. The van der Waals surface area contributed by atoms with E-state index in [4.69, 9.17) is 5.73 Å². The van der Waals surface area contributed by atoms with Crippen molar-refractivity contribution in [2.75, 3.05) is 17.6 Å². The van der Waals surface area contributed by atoms with Gasteiger partial charge in [0.15, 0.2) is 0 Å². The van der Waals surface area contributed by atoms with Crippen LogP contribution in [0.25, 0.3) is 0 Å². The van der Waals surface area contributed by atoms with Crippen LogP contribution in [0.3, 0.4) is 0 Å². The van der Waals surface area contributed by atoms with Crippen LogP contribution in [-0.4, -0.2) is 16.5 Å². The molecule has 0 radical (unpaired) electrons. The minimum absolute atomic E-state index is 0.499. The van der Waals surface area contributed by atoms with Gasteiger partial charge in [-0.05, 0) is 24.7 Å². The quantitative estimate of drug-likeness (QED) is 0.792. The molecule has 1 heterocycles. The Labute approximate surface area is 90.3 Å². The summed E-state index contributed by atoms with van der Waals surface area (Å²) in [6.45, 7) is 7.50. The van der Waals surface area contributed by atoms with Crippen molar-refractivity contribution in [2.24, 2.45) is 11.3 Å². The number of nitrogens with one attached hydrogen (secondary N) is 1. The van der Waals surface area contributed by atoms with E-state index in [1.165, 1.54) is 12.7 Å². The standard InChI is InChI=1S/C11H18N4/c1-7-9(12)14-6-15-10(7)13-5-8-4-11(8,2)3/h6,8H,4-5H2,1-3H3,(H3,12,13,14,15). The molecule has 15 heavy (non-hydrogen) atoms. The van der Waals surface area contributed by atoms with E-state index in [0.717, 1.165) is 23.8 Å². The van der Waals surface area contributed by atoms with Gasteiger partial charge in [0.2, 0.25) is 0 Å². The molecule has 1 aromatic heterocycles. The van der Waals surface area contributed by atoms with Crippen LogP contribution in [0, 0.1) is 18.3 Å². The van der Waals surface area contributed by atoms with E-state index in [2.05, 4.69) is 29.1 Å². The molecule has 0 aliphatic heterocycles. The molecule has 1 atom stereocenters. The highest BCUT2D eigenvalue weighted by atomic mass is 15.0. The summed E-state index contributed by atoms with van der Waals surface area (Å²) in [7, 11) is 0. The van der Waals surface area contributed by atoms with Crippen LogP contribution >= 0.6 is 0 Å². The van der Waals surface area contributed by atoms with E-state index in [0.29, 0.717) is 11.2 Å². The number of nitrogen functional groups attached to an aromatic ring is 1. The van der Waals surface area contributed by atoms with Crippen molar-refractivity contribution in [1.82, 2.24) is 9.97 Å². The van der Waals surface area contributed by atoms with Crippen LogP contribution in [0.5, 0.6) is 0 Å². The van der Waals surface area contributed by atoms with Crippen molar-refractivity contribution in [3.8, 4) is 0 Å². The summed E-state index contributed by atoms with van der Waals surface area (Å²) in [6.07, 6.45) is 2.79. The maximum absolute atomic E-state index is 5.70. The van der Waals surface area contributed by atoms with Crippen molar-refractivity contribution >= 4 is 11.6 Å². The normalized spacial score (nSPS) is 22.5. The number of hydrogen-bond acceptors (Lipinski definition) is 4. The Morgan fingerprint density at radius 1 is 1.53 bits per heavy atom. The second kappa shape index (κ2) is 3.36. The van der Waals surface area contributed by atoms with Crippen molar-refractivity contribution in [1.29, 1.82) is 0 Å². The molecule has 0 aromatic carbocycles. The molecule has 82 valence electrons. The largest absolute Gasteiger partial charge is 0.383 e. The lowest BCUT2D eigenvalue weighted by Gasteiger charge is -2.09. The van der Waals surface area contributed by atoms with E-state index in [9.17, 15) is 0 Å². The van der Waals surface area contributed by atoms with Gasteiger partial charge in [-0.1, -0.05) is 13.8 Å². The summed E-state index contributed by atoms with van der Waals surface area (Å²) >= 11 is 0. The molecule has 1 fully saturated rings. The van der Waals surface area contributed by atoms with Crippen LogP contribution in [0.15, 0.2) is 6.33 Å². The SMILES string of the molecule is Cc1c(N)ncnc1NCC1CC1(C)C. The average molecular weight is 206 g/mol. The summed E-state index contributed by atoms with van der Waals surface area (Å²) < 4.78 is 0. The second-order valence-corrected chi connectivity index (χ2v) is 5.00. The third kappa shape index (κ3) is 2.03. The smallest absolute Gasteiger partial charge is 0.134 e. The van der Waals surface area contributed by atoms with Gasteiger partial charge < -0.3 is 11.1 Å². The van der Waals surface area contributed by atoms with E-state index in [1.807, 2.05) is 6.92 Å². The highest BCUT2D eigenvalue weighted by molar-refractivity contribution is 5.53. The first-order valence-electron chi connectivity index (χ1n) is 5.31. The molecular weight excluding hydrogens is 188 g/mol. The summed E-state index contributed by atoms with van der Waals surface area (Å²) in [5.74, 6) is 2.18. The molecule has 0 saturated heterocycles. The lowest BCUT2D eigenvalue weighted by Crippen LogP contribution is -2.10. The van der Waals surface area contributed by atoms with Crippen LogP contribution < -0.4 is 11.1 Å². The van der Waals surface area contributed by atoms with Gasteiger partial charge in [0, 0.05) is 12.1 Å². The Morgan fingerprint density at radius 3 is 2.80 bits per heavy atom. The Balaban J connectivity index is 1.97. The van der Waals surface area contributed by atoms with Crippen LogP contribution in [0.2, 0.25) is 0 Å². The van der Waals surface area contributed by atoms with Crippen molar-refractivity contribution in [3.63, 3.8) is 0 Å². The highest BCUT2D eigenvalue weighted by Crippen LogP contribution is 2.51. The molecule has 0 spiro atoms. The number of aromatic nitrogens is 2. The van der Waals surface area contributed by atoms with Crippen LogP contribution in [0.1, 0.15) is 25.8 Å². The van der Waals surface area contributed by atoms with Gasteiger partial charge in [-0.2, -0.15) is 0 Å². The fourth-order valence-corrected chi connectivity index (χ4v) is 1.79. The third-order valence-corrected chi connectivity index (χ3v) is 3.36. The minimum Gasteiger partial charge on any atom is -0.383 e. The zero-order valence-corrected chi connectivity index (χ0v) is 9.54. The lowest BCUT2D eigenvalue weighted by molar-refractivity contribution is 0.572. The average Bonchev–Trinajstić information content (AvgIpc) is 2.77. The lowest BCUT2D eigenvalue weighted by atomic mass is 10.1. The summed E-state index contributed by atoms with van der Waals surface area (Å²) in [5.41, 5.74) is 7.15. The molecule has 3 N–H and O–H groups in total. The predicted molar refractivity (Wildman–Crippen MR) is 61.6 cm³/mol. The molecule has 0 amide bonds. The van der Waals surface area contributed by atoms with E-state index >= 15 is 0 Å². The zero-order valence-electron chi connectivity index (χ0n) is 9.54. The number of hydrogen-bond donors (Lipinski definition) is 2. The maximum atomic E-state index is 5.70. The van der Waals surface area contributed by atoms with Crippen LogP contribution in [0.4, 0.5) is 11.6 Å². The number of nitrogens with zero attached hydrogens (tertiary/aromatic N) is 2. The zero-order chi connectivity index (χ0) is 11.1. The second-order valence-electron chi connectivity index (χ2n) is 5.00. The number of rotatable bonds is 3. The Morgan fingerprint density at radius 2 is 2.20 bits per heavy atom. The van der Waals surface area contributed by atoms with E-state index in [-0.39, 0.29) is 0 Å². The van der Waals surface area contributed by atoms with Gasteiger partial charge >= 0.3 is 0 Å². The molecule has 1 saturated carbocycles. The fourth-order valence-electron chi connectivity index (χ4n) is 1.79. The molecule has 4 nitrogen and oxygen atoms in total. The maximum Gasteiger partial charge on any atom is 0.134 e. The molecular formula is C11H18N4. The number of nitrogens with two attached hydrogens (primary N) is 1.